The number of phosphoric acid groups is 1. The van der Waals surface area contributed by atoms with Gasteiger partial charge in [-0.2, -0.15) is 0 Å². The highest BCUT2D eigenvalue weighted by atomic mass is 31.2. The molecule has 1 aliphatic heterocycles. The molecule has 0 aromatic rings. The van der Waals surface area contributed by atoms with E-state index in [1.54, 1.807) is 0 Å². The molecular weight excluding hydrogens is 249 g/mol. The molecule has 0 radical (unpaired) electrons. The van der Waals surface area contributed by atoms with Crippen LogP contribution < -0.4 is 0 Å². The minimum atomic E-state index is -3.85. The topological polar surface area (TPSA) is 77.5 Å². The molecule has 0 atom stereocenters. The number of hydroxylamine groups is 2. The molecule has 0 aromatic carbocycles. The Morgan fingerprint density at radius 2 is 1.71 bits per heavy atom. The summed E-state index contributed by atoms with van der Waals surface area (Å²) in [5.41, 5.74) is 0. The van der Waals surface area contributed by atoms with Crippen molar-refractivity contribution in [2.45, 2.75) is 32.7 Å². The molecule has 0 spiro atoms. The van der Waals surface area contributed by atoms with E-state index in [9.17, 15) is 4.57 Å². The van der Waals surface area contributed by atoms with E-state index < -0.39 is 7.82 Å². The Balaban J connectivity index is 2.49. The van der Waals surface area contributed by atoms with Gasteiger partial charge in [-0.15, -0.1) is 0 Å². The van der Waals surface area contributed by atoms with Crippen molar-refractivity contribution in [1.82, 2.24) is 5.23 Å². The van der Waals surface area contributed by atoms with Gasteiger partial charge in [-0.25, -0.2) is 4.57 Å². The second-order valence-corrected chi connectivity index (χ2v) is 4.94. The number of phosphoric ester groups is 1. The molecule has 17 heavy (non-hydrogen) atoms. The Morgan fingerprint density at radius 1 is 1.24 bits per heavy atom. The van der Waals surface area contributed by atoms with Gasteiger partial charge >= 0.3 is 7.82 Å². The van der Waals surface area contributed by atoms with Crippen LogP contribution in [0.5, 0.6) is 0 Å². The molecule has 0 aromatic heterocycles. The molecule has 1 fully saturated rings. The van der Waals surface area contributed by atoms with Crippen LogP contribution in [0.15, 0.2) is 0 Å². The average molecular weight is 269 g/mol. The van der Waals surface area contributed by atoms with Gasteiger partial charge in [0.05, 0.1) is 32.5 Å². The van der Waals surface area contributed by atoms with Gasteiger partial charge < -0.3 is 4.89 Å². The molecular formula is C9H20NO6P. The van der Waals surface area contributed by atoms with Crippen LogP contribution in [-0.4, -0.2) is 42.6 Å². The lowest BCUT2D eigenvalue weighted by Gasteiger charge is -2.30. The molecule has 0 bridgehead atoms. The quantitative estimate of drug-likeness (QED) is 0.598. The zero-order valence-electron chi connectivity index (χ0n) is 10.2. The third-order valence-corrected chi connectivity index (χ3v) is 3.24. The summed E-state index contributed by atoms with van der Waals surface area (Å²) in [6.45, 7) is 4.99. The fourth-order valence-electron chi connectivity index (χ4n) is 1.50. The largest absolute Gasteiger partial charge is 0.472 e. The minimum absolute atomic E-state index is 0.0461. The fourth-order valence-corrected chi connectivity index (χ4v) is 2.25. The first-order valence-corrected chi connectivity index (χ1v) is 7.25. The number of rotatable bonds is 5. The summed E-state index contributed by atoms with van der Waals surface area (Å²) in [5.74, 6) is 0. The van der Waals surface area contributed by atoms with Gasteiger partial charge in [0.1, 0.15) is 0 Å². The maximum atomic E-state index is 11.2. The van der Waals surface area contributed by atoms with Crippen LogP contribution in [0.3, 0.4) is 0 Å². The highest BCUT2D eigenvalue weighted by Crippen LogP contribution is 2.44. The first-order valence-electron chi connectivity index (χ1n) is 5.76. The molecule has 7 nitrogen and oxygen atoms in total. The molecule has 1 heterocycles. The molecule has 1 saturated heterocycles. The number of nitrogens with zero attached hydrogens (tertiary/aromatic N) is 1. The summed E-state index contributed by atoms with van der Waals surface area (Å²) in [7, 11) is -3.85. The van der Waals surface area contributed by atoms with E-state index in [2.05, 4.69) is 0 Å². The highest BCUT2D eigenvalue weighted by molar-refractivity contribution is 7.47. The van der Waals surface area contributed by atoms with Crippen LogP contribution in [-0.2, 0) is 23.3 Å². The zero-order chi connectivity index (χ0) is 12.7. The molecule has 1 aliphatic rings. The van der Waals surface area contributed by atoms with Gasteiger partial charge in [-0.05, 0) is 26.7 Å². The number of hydrogen-bond acceptors (Lipinski definition) is 6. The summed E-state index contributed by atoms with van der Waals surface area (Å²) < 4.78 is 20.7. The summed E-state index contributed by atoms with van der Waals surface area (Å²) >= 11 is 0. The van der Waals surface area contributed by atoms with E-state index in [0.717, 1.165) is 0 Å². The molecule has 0 saturated carbocycles. The van der Waals surface area contributed by atoms with Gasteiger partial charge in [0.2, 0.25) is 0 Å². The average Bonchev–Trinajstić information content (AvgIpc) is 2.24. The van der Waals surface area contributed by atoms with E-state index in [4.69, 9.17) is 23.6 Å². The normalized spacial score (nSPS) is 31.2. The van der Waals surface area contributed by atoms with E-state index in [-0.39, 0.29) is 19.3 Å². The second-order valence-electron chi connectivity index (χ2n) is 3.49. The predicted octanol–water partition coefficient (Wildman–Crippen LogP) is 1.49. The maximum absolute atomic E-state index is 11.2. The molecule has 1 rings (SSSR count). The SMILES string of the molecule is CCON(OCC)C1CCOP(=O)(O)OCC1. The Morgan fingerprint density at radius 3 is 2.12 bits per heavy atom. The van der Waals surface area contributed by atoms with Gasteiger partial charge in [0.25, 0.3) is 0 Å². The lowest BCUT2D eigenvalue weighted by atomic mass is 10.1. The van der Waals surface area contributed by atoms with Crippen molar-refractivity contribution < 1.29 is 28.2 Å². The summed E-state index contributed by atoms with van der Waals surface area (Å²) in [6, 6.07) is -0.0461. The molecule has 0 aliphatic carbocycles. The third kappa shape index (κ3) is 5.44. The smallest absolute Gasteiger partial charge is 0.302 e. The maximum Gasteiger partial charge on any atom is 0.472 e. The molecule has 1 N–H and O–H groups in total. The Hall–Kier alpha value is -0.0100. The summed E-state index contributed by atoms with van der Waals surface area (Å²) in [4.78, 5) is 19.8. The molecule has 0 amide bonds. The standard InChI is InChI=1S/C9H20NO6P/c1-3-13-10(14-4-2)9-5-7-15-17(11,12)16-8-6-9/h9H,3-8H2,1-2H3,(H,11,12). The van der Waals surface area contributed by atoms with Crippen molar-refractivity contribution in [2.75, 3.05) is 26.4 Å². The van der Waals surface area contributed by atoms with Gasteiger partial charge in [0.15, 0.2) is 0 Å². The van der Waals surface area contributed by atoms with Crippen LogP contribution in [0.2, 0.25) is 0 Å². The van der Waals surface area contributed by atoms with Crippen molar-refractivity contribution in [1.29, 1.82) is 0 Å². The van der Waals surface area contributed by atoms with Gasteiger partial charge in [0, 0.05) is 0 Å². The Kier molecular flexibility index (Phi) is 6.58. The van der Waals surface area contributed by atoms with E-state index in [1.165, 1.54) is 5.23 Å². The van der Waals surface area contributed by atoms with Gasteiger partial charge in [-0.3, -0.25) is 18.7 Å². The van der Waals surface area contributed by atoms with E-state index in [1.807, 2.05) is 13.8 Å². The molecule has 0 unspecified atom stereocenters. The van der Waals surface area contributed by atoms with E-state index >= 15 is 0 Å². The van der Waals surface area contributed by atoms with Crippen molar-refractivity contribution in [3.63, 3.8) is 0 Å². The van der Waals surface area contributed by atoms with E-state index in [0.29, 0.717) is 26.1 Å². The fraction of sp³-hybridized carbons (Fsp3) is 1.00. The molecule has 8 heteroatoms. The van der Waals surface area contributed by atoms with Crippen LogP contribution in [0.25, 0.3) is 0 Å². The van der Waals surface area contributed by atoms with Crippen molar-refractivity contribution in [3.8, 4) is 0 Å². The molecule has 102 valence electrons. The van der Waals surface area contributed by atoms with Crippen molar-refractivity contribution in [3.05, 3.63) is 0 Å². The van der Waals surface area contributed by atoms with Crippen LogP contribution in [0.1, 0.15) is 26.7 Å². The van der Waals surface area contributed by atoms with Crippen LogP contribution >= 0.6 is 7.82 Å². The lowest BCUT2D eigenvalue weighted by molar-refractivity contribution is -0.387. The lowest BCUT2D eigenvalue weighted by Crippen LogP contribution is -2.38. The predicted molar refractivity (Wildman–Crippen MR) is 59.8 cm³/mol. The van der Waals surface area contributed by atoms with Crippen LogP contribution in [0.4, 0.5) is 0 Å². The first kappa shape index (κ1) is 15.0. The van der Waals surface area contributed by atoms with Gasteiger partial charge in [-0.1, -0.05) is 5.23 Å². The summed E-state index contributed by atoms with van der Waals surface area (Å²) in [6.07, 6.45) is 1.10. The van der Waals surface area contributed by atoms with Crippen molar-refractivity contribution >= 4 is 7.82 Å². The minimum Gasteiger partial charge on any atom is -0.302 e. The van der Waals surface area contributed by atoms with Crippen LogP contribution in [0, 0.1) is 0 Å². The van der Waals surface area contributed by atoms with Crippen molar-refractivity contribution in [2.24, 2.45) is 0 Å². The first-order chi connectivity index (χ1) is 8.09. The Labute approximate surface area is 101 Å². The monoisotopic (exact) mass is 269 g/mol. The second kappa shape index (κ2) is 7.43. The Bertz CT molecular complexity index is 244. The zero-order valence-corrected chi connectivity index (χ0v) is 11.1. The summed E-state index contributed by atoms with van der Waals surface area (Å²) in [5, 5.41) is 1.43. The highest BCUT2D eigenvalue weighted by Gasteiger charge is 2.28. The third-order valence-electron chi connectivity index (χ3n) is 2.22. The number of hydrogen-bond donors (Lipinski definition) is 1.